The normalized spacial score (nSPS) is 13.2. The second-order valence-corrected chi connectivity index (χ2v) is 5.33. The van der Waals surface area contributed by atoms with Crippen molar-refractivity contribution < 1.29 is 0 Å². The molecule has 0 aliphatic heterocycles. The zero-order chi connectivity index (χ0) is 9.94. The van der Waals surface area contributed by atoms with Gasteiger partial charge in [0.1, 0.15) is 0 Å². The SMILES string of the molecule is CCCCC(Cl)CCCCCCI. The standard InChI is InChI=1S/C11H22ClI/c1-2-3-8-11(12)9-6-4-5-7-10-13/h11H,2-10H2,1H3. The Labute approximate surface area is 102 Å². The first-order valence-corrected chi connectivity index (χ1v) is 7.47. The molecule has 1 atom stereocenters. The highest BCUT2D eigenvalue weighted by atomic mass is 127. The van der Waals surface area contributed by atoms with Gasteiger partial charge in [-0.3, -0.25) is 0 Å². The Bertz CT molecular complexity index is 96.1. The van der Waals surface area contributed by atoms with Gasteiger partial charge in [0.15, 0.2) is 0 Å². The van der Waals surface area contributed by atoms with Crippen LogP contribution in [-0.2, 0) is 0 Å². The van der Waals surface area contributed by atoms with Gasteiger partial charge >= 0.3 is 0 Å². The van der Waals surface area contributed by atoms with Crippen molar-refractivity contribution in [3.63, 3.8) is 0 Å². The number of rotatable bonds is 9. The highest BCUT2D eigenvalue weighted by molar-refractivity contribution is 14.1. The van der Waals surface area contributed by atoms with Crippen molar-refractivity contribution in [1.82, 2.24) is 0 Å². The van der Waals surface area contributed by atoms with E-state index in [0.717, 1.165) is 0 Å². The number of unbranched alkanes of at least 4 members (excludes halogenated alkanes) is 4. The predicted molar refractivity (Wildman–Crippen MR) is 71.1 cm³/mol. The summed E-state index contributed by atoms with van der Waals surface area (Å²) in [6.45, 7) is 2.23. The molecule has 0 bridgehead atoms. The topological polar surface area (TPSA) is 0 Å². The second-order valence-electron chi connectivity index (χ2n) is 3.63. The van der Waals surface area contributed by atoms with E-state index in [4.69, 9.17) is 11.6 Å². The van der Waals surface area contributed by atoms with Crippen LogP contribution in [0, 0.1) is 0 Å². The summed E-state index contributed by atoms with van der Waals surface area (Å²) in [4.78, 5) is 0. The minimum atomic E-state index is 0.444. The lowest BCUT2D eigenvalue weighted by Gasteiger charge is -2.07. The van der Waals surface area contributed by atoms with Crippen LogP contribution in [0.4, 0.5) is 0 Å². The lowest BCUT2D eigenvalue weighted by atomic mass is 10.1. The molecule has 0 aromatic carbocycles. The molecule has 0 aliphatic carbocycles. The van der Waals surface area contributed by atoms with Crippen LogP contribution in [0.2, 0.25) is 0 Å². The van der Waals surface area contributed by atoms with E-state index in [-0.39, 0.29) is 0 Å². The van der Waals surface area contributed by atoms with Gasteiger partial charge in [-0.2, -0.15) is 0 Å². The molecule has 0 saturated carbocycles. The molecule has 0 amide bonds. The quantitative estimate of drug-likeness (QED) is 0.313. The van der Waals surface area contributed by atoms with E-state index in [0.29, 0.717) is 5.38 Å². The predicted octanol–water partition coefficient (Wildman–Crippen LogP) is 5.17. The van der Waals surface area contributed by atoms with Crippen molar-refractivity contribution in [1.29, 1.82) is 0 Å². The van der Waals surface area contributed by atoms with Crippen LogP contribution in [-0.4, -0.2) is 9.80 Å². The summed E-state index contributed by atoms with van der Waals surface area (Å²) < 4.78 is 1.30. The number of alkyl halides is 2. The summed E-state index contributed by atoms with van der Waals surface area (Å²) in [5, 5.41) is 0.444. The van der Waals surface area contributed by atoms with Crippen LogP contribution in [0.1, 0.15) is 58.3 Å². The van der Waals surface area contributed by atoms with Gasteiger partial charge in [0.25, 0.3) is 0 Å². The van der Waals surface area contributed by atoms with E-state index in [1.165, 1.54) is 55.8 Å². The van der Waals surface area contributed by atoms with Gasteiger partial charge in [-0.05, 0) is 23.7 Å². The zero-order valence-corrected chi connectivity index (χ0v) is 11.6. The average Bonchev–Trinajstić information content (AvgIpc) is 2.14. The smallest absolute Gasteiger partial charge is 0.0336 e. The van der Waals surface area contributed by atoms with Crippen LogP contribution >= 0.6 is 34.2 Å². The van der Waals surface area contributed by atoms with Gasteiger partial charge in [-0.1, -0.05) is 61.6 Å². The van der Waals surface area contributed by atoms with Crippen molar-refractivity contribution in [2.45, 2.75) is 63.7 Å². The number of hydrogen-bond donors (Lipinski definition) is 0. The fraction of sp³-hybridized carbons (Fsp3) is 1.00. The fourth-order valence-electron chi connectivity index (χ4n) is 1.38. The highest BCUT2D eigenvalue weighted by Crippen LogP contribution is 2.15. The molecule has 0 rings (SSSR count). The zero-order valence-electron chi connectivity index (χ0n) is 8.70. The summed E-state index contributed by atoms with van der Waals surface area (Å²) >= 11 is 8.62. The molecule has 80 valence electrons. The molecule has 0 fully saturated rings. The molecule has 2 heteroatoms. The molecular formula is C11H22ClI. The molecule has 13 heavy (non-hydrogen) atoms. The van der Waals surface area contributed by atoms with Crippen LogP contribution in [0.3, 0.4) is 0 Å². The lowest BCUT2D eigenvalue weighted by molar-refractivity contribution is 0.580. The summed E-state index contributed by atoms with van der Waals surface area (Å²) in [5.74, 6) is 0. The molecule has 0 aromatic heterocycles. The van der Waals surface area contributed by atoms with Gasteiger partial charge < -0.3 is 0 Å². The minimum absolute atomic E-state index is 0.444. The Kier molecular flexibility index (Phi) is 12.0. The first-order valence-electron chi connectivity index (χ1n) is 5.51. The summed E-state index contributed by atoms with van der Waals surface area (Å²) in [6, 6.07) is 0. The molecule has 0 nitrogen and oxygen atoms in total. The van der Waals surface area contributed by atoms with Crippen LogP contribution < -0.4 is 0 Å². The Morgan fingerprint density at radius 1 is 1.00 bits per heavy atom. The van der Waals surface area contributed by atoms with Crippen molar-refractivity contribution in [3.8, 4) is 0 Å². The van der Waals surface area contributed by atoms with E-state index in [2.05, 4.69) is 29.5 Å². The Hall–Kier alpha value is 1.02. The van der Waals surface area contributed by atoms with Gasteiger partial charge in [0, 0.05) is 5.38 Å². The molecule has 0 saturated heterocycles. The van der Waals surface area contributed by atoms with Gasteiger partial charge in [0.2, 0.25) is 0 Å². The molecule has 0 spiro atoms. The highest BCUT2D eigenvalue weighted by Gasteiger charge is 2.02. The van der Waals surface area contributed by atoms with Crippen LogP contribution in [0.25, 0.3) is 0 Å². The second kappa shape index (κ2) is 11.1. The van der Waals surface area contributed by atoms with E-state index in [1.807, 2.05) is 0 Å². The maximum atomic E-state index is 6.17. The molecule has 0 heterocycles. The van der Waals surface area contributed by atoms with Crippen molar-refractivity contribution in [3.05, 3.63) is 0 Å². The third-order valence-corrected chi connectivity index (χ3v) is 3.47. The molecule has 1 unspecified atom stereocenters. The van der Waals surface area contributed by atoms with Crippen LogP contribution in [0.15, 0.2) is 0 Å². The summed E-state index contributed by atoms with van der Waals surface area (Å²) in [7, 11) is 0. The third kappa shape index (κ3) is 10.9. The van der Waals surface area contributed by atoms with E-state index in [1.54, 1.807) is 0 Å². The number of halogens is 2. The fourth-order valence-corrected chi connectivity index (χ4v) is 2.23. The van der Waals surface area contributed by atoms with Crippen molar-refractivity contribution in [2.75, 3.05) is 4.43 Å². The first kappa shape index (κ1) is 14.0. The molecule has 0 aromatic rings. The van der Waals surface area contributed by atoms with Gasteiger partial charge in [-0.25, -0.2) is 0 Å². The van der Waals surface area contributed by atoms with E-state index >= 15 is 0 Å². The maximum Gasteiger partial charge on any atom is 0.0336 e. The Morgan fingerprint density at radius 2 is 1.62 bits per heavy atom. The van der Waals surface area contributed by atoms with Crippen LogP contribution in [0.5, 0.6) is 0 Å². The third-order valence-electron chi connectivity index (χ3n) is 2.27. The number of hydrogen-bond acceptors (Lipinski definition) is 0. The lowest BCUT2D eigenvalue weighted by Crippen LogP contribution is -1.97. The van der Waals surface area contributed by atoms with E-state index < -0.39 is 0 Å². The Morgan fingerprint density at radius 3 is 2.23 bits per heavy atom. The Balaban J connectivity index is 3.03. The molecule has 0 aliphatic rings. The summed E-state index contributed by atoms with van der Waals surface area (Å²) in [5.41, 5.74) is 0. The molecule has 0 radical (unpaired) electrons. The van der Waals surface area contributed by atoms with Gasteiger partial charge in [-0.15, -0.1) is 11.6 Å². The molecule has 0 N–H and O–H groups in total. The van der Waals surface area contributed by atoms with Crippen molar-refractivity contribution in [2.24, 2.45) is 0 Å². The molecular weight excluding hydrogens is 294 g/mol. The first-order chi connectivity index (χ1) is 6.31. The largest absolute Gasteiger partial charge is 0.123 e. The monoisotopic (exact) mass is 316 g/mol. The van der Waals surface area contributed by atoms with E-state index in [9.17, 15) is 0 Å². The minimum Gasteiger partial charge on any atom is -0.123 e. The van der Waals surface area contributed by atoms with Crippen molar-refractivity contribution >= 4 is 34.2 Å². The maximum absolute atomic E-state index is 6.17. The summed E-state index contributed by atoms with van der Waals surface area (Å²) in [6.07, 6.45) is 10.5. The average molecular weight is 317 g/mol. The van der Waals surface area contributed by atoms with Gasteiger partial charge in [0.05, 0.1) is 0 Å².